The van der Waals surface area contributed by atoms with Crippen molar-refractivity contribution in [1.82, 2.24) is 10.2 Å². The molecule has 21 heavy (non-hydrogen) atoms. The predicted octanol–water partition coefficient (Wildman–Crippen LogP) is 1.56. The molecule has 1 aliphatic rings. The first-order chi connectivity index (χ1) is 10.1. The Morgan fingerprint density at radius 1 is 1.33 bits per heavy atom. The third-order valence-electron chi connectivity index (χ3n) is 3.32. The Kier molecular flexibility index (Phi) is 4.77. The van der Waals surface area contributed by atoms with Crippen LogP contribution in [0.5, 0.6) is 0 Å². The van der Waals surface area contributed by atoms with Crippen LogP contribution in [0, 0.1) is 17.2 Å². The van der Waals surface area contributed by atoms with E-state index in [2.05, 4.69) is 5.32 Å². The third-order valence-corrected chi connectivity index (χ3v) is 3.32. The number of hydrogen-bond donors (Lipinski definition) is 2. The first-order valence-electron chi connectivity index (χ1n) is 6.82. The monoisotopic (exact) mass is 287 g/mol. The lowest BCUT2D eigenvalue weighted by atomic mass is 10.1. The van der Waals surface area contributed by atoms with E-state index in [1.54, 1.807) is 24.3 Å². The molecule has 0 bridgehead atoms. The van der Waals surface area contributed by atoms with Crippen molar-refractivity contribution in [3.8, 4) is 6.07 Å². The van der Waals surface area contributed by atoms with Gasteiger partial charge in [0.1, 0.15) is 6.54 Å². The number of hydrogen-bond acceptors (Lipinski definition) is 3. The molecule has 1 fully saturated rings. The Bertz CT molecular complexity index is 559. The zero-order chi connectivity index (χ0) is 15.2. The van der Waals surface area contributed by atoms with Crippen LogP contribution >= 0.6 is 0 Å². The second-order valence-corrected chi connectivity index (χ2v) is 5.19. The number of benzene rings is 1. The van der Waals surface area contributed by atoms with Crippen LogP contribution in [-0.2, 0) is 11.3 Å². The van der Waals surface area contributed by atoms with Gasteiger partial charge in [-0.15, -0.1) is 0 Å². The van der Waals surface area contributed by atoms with Crippen molar-refractivity contribution in [3.05, 3.63) is 35.4 Å². The smallest absolute Gasteiger partial charge is 0.323 e. The first-order valence-corrected chi connectivity index (χ1v) is 6.82. The summed E-state index contributed by atoms with van der Waals surface area (Å²) in [6, 6.07) is 8.55. The highest BCUT2D eigenvalue weighted by Gasteiger charge is 2.27. The summed E-state index contributed by atoms with van der Waals surface area (Å²) < 4.78 is 0. The number of amides is 2. The van der Waals surface area contributed by atoms with Gasteiger partial charge in [-0.2, -0.15) is 5.26 Å². The number of nitrogens with one attached hydrogen (secondary N) is 1. The molecule has 6 nitrogen and oxygen atoms in total. The van der Waals surface area contributed by atoms with E-state index >= 15 is 0 Å². The van der Waals surface area contributed by atoms with E-state index in [-0.39, 0.29) is 12.6 Å². The Hall–Kier alpha value is -2.55. The topological polar surface area (TPSA) is 93.4 Å². The number of aliphatic carboxylic acids is 1. The van der Waals surface area contributed by atoms with Crippen molar-refractivity contribution in [2.24, 2.45) is 5.92 Å². The molecule has 2 rings (SSSR count). The number of carboxylic acid groups (broad SMARTS) is 1. The normalized spacial score (nSPS) is 13.3. The summed E-state index contributed by atoms with van der Waals surface area (Å²) in [6.45, 7) is 0.520. The highest BCUT2D eigenvalue weighted by molar-refractivity contribution is 5.80. The summed E-state index contributed by atoms with van der Waals surface area (Å²) in [6.07, 6.45) is 2.11. The van der Waals surface area contributed by atoms with Crippen molar-refractivity contribution < 1.29 is 14.7 Å². The molecular formula is C15H17N3O3. The van der Waals surface area contributed by atoms with Gasteiger partial charge in [-0.05, 0) is 36.5 Å². The molecule has 0 heterocycles. The summed E-state index contributed by atoms with van der Waals surface area (Å²) in [5.74, 6) is -0.575. The molecule has 1 aromatic carbocycles. The van der Waals surface area contributed by atoms with Gasteiger partial charge in [0.15, 0.2) is 0 Å². The minimum absolute atomic E-state index is 0.282. The maximum atomic E-state index is 12.0. The Labute approximate surface area is 123 Å². The molecule has 0 aliphatic heterocycles. The molecule has 0 aromatic heterocycles. The molecule has 1 saturated carbocycles. The van der Waals surface area contributed by atoms with E-state index in [4.69, 9.17) is 10.4 Å². The minimum Gasteiger partial charge on any atom is -0.480 e. The minimum atomic E-state index is -1.01. The highest BCUT2D eigenvalue weighted by atomic mass is 16.4. The molecule has 2 amide bonds. The summed E-state index contributed by atoms with van der Waals surface area (Å²) in [5, 5.41) is 20.3. The first kappa shape index (κ1) is 14.9. The maximum absolute atomic E-state index is 12.0. The molecule has 2 N–H and O–H groups in total. The molecule has 1 aliphatic carbocycles. The zero-order valence-electron chi connectivity index (χ0n) is 11.6. The Morgan fingerprint density at radius 2 is 2.00 bits per heavy atom. The van der Waals surface area contributed by atoms with E-state index in [9.17, 15) is 9.59 Å². The molecule has 0 spiro atoms. The second-order valence-electron chi connectivity index (χ2n) is 5.19. The van der Waals surface area contributed by atoms with Crippen molar-refractivity contribution in [2.45, 2.75) is 19.4 Å². The number of carbonyl (C=O) groups is 2. The molecule has 0 unspecified atom stereocenters. The van der Waals surface area contributed by atoms with Gasteiger partial charge in [0, 0.05) is 13.1 Å². The number of carboxylic acids is 1. The van der Waals surface area contributed by atoms with Gasteiger partial charge in [-0.1, -0.05) is 12.1 Å². The van der Waals surface area contributed by atoms with E-state index < -0.39 is 5.97 Å². The second kappa shape index (κ2) is 6.75. The van der Waals surface area contributed by atoms with Crippen molar-refractivity contribution in [1.29, 1.82) is 5.26 Å². The highest BCUT2D eigenvalue weighted by Crippen LogP contribution is 2.29. The van der Waals surface area contributed by atoms with Crippen LogP contribution in [-0.4, -0.2) is 35.1 Å². The zero-order valence-corrected chi connectivity index (χ0v) is 11.6. The summed E-state index contributed by atoms with van der Waals surface area (Å²) in [4.78, 5) is 24.2. The third kappa shape index (κ3) is 4.80. The van der Waals surface area contributed by atoms with Crippen molar-refractivity contribution in [3.63, 3.8) is 0 Å². The van der Waals surface area contributed by atoms with Crippen LogP contribution in [0.15, 0.2) is 24.3 Å². The van der Waals surface area contributed by atoms with Gasteiger partial charge in [0.25, 0.3) is 0 Å². The predicted molar refractivity (Wildman–Crippen MR) is 75.3 cm³/mol. The average molecular weight is 287 g/mol. The Balaban J connectivity index is 1.87. The van der Waals surface area contributed by atoms with Crippen LogP contribution in [0.4, 0.5) is 4.79 Å². The van der Waals surface area contributed by atoms with Gasteiger partial charge in [0.05, 0.1) is 11.6 Å². The molecule has 110 valence electrons. The van der Waals surface area contributed by atoms with E-state index in [0.717, 1.165) is 18.4 Å². The van der Waals surface area contributed by atoms with Gasteiger partial charge in [-0.25, -0.2) is 4.79 Å². The fraction of sp³-hybridized carbons (Fsp3) is 0.400. The number of nitrogens with zero attached hydrogens (tertiary/aromatic N) is 2. The number of carbonyl (C=O) groups excluding carboxylic acids is 1. The van der Waals surface area contributed by atoms with Gasteiger partial charge in [0.2, 0.25) is 0 Å². The number of nitriles is 1. The number of urea groups is 1. The molecule has 0 radical (unpaired) electrons. The fourth-order valence-corrected chi connectivity index (χ4v) is 1.98. The van der Waals surface area contributed by atoms with Gasteiger partial charge < -0.3 is 15.3 Å². The standard InChI is InChI=1S/C15H17N3O3/c16-7-11-1-3-12(4-2-11)8-17-15(21)18(10-14(19)20)9-13-5-6-13/h1-4,13H,5-6,8-10H2,(H,17,21)(H,19,20). The van der Waals surface area contributed by atoms with E-state index in [1.165, 1.54) is 4.90 Å². The van der Waals surface area contributed by atoms with Crippen LogP contribution in [0.1, 0.15) is 24.0 Å². The lowest BCUT2D eigenvalue weighted by Crippen LogP contribution is -2.43. The van der Waals surface area contributed by atoms with Crippen molar-refractivity contribution >= 4 is 12.0 Å². The van der Waals surface area contributed by atoms with Crippen LogP contribution in [0.3, 0.4) is 0 Å². The summed E-state index contributed by atoms with van der Waals surface area (Å²) in [5.41, 5.74) is 1.43. The van der Waals surface area contributed by atoms with Gasteiger partial charge in [-0.3, -0.25) is 4.79 Å². The van der Waals surface area contributed by atoms with Crippen LogP contribution in [0.2, 0.25) is 0 Å². The average Bonchev–Trinajstić information content (AvgIpc) is 3.28. The largest absolute Gasteiger partial charge is 0.480 e. The molecule has 6 heteroatoms. The van der Waals surface area contributed by atoms with E-state index in [1.807, 2.05) is 6.07 Å². The molecule has 0 atom stereocenters. The van der Waals surface area contributed by atoms with E-state index in [0.29, 0.717) is 24.6 Å². The number of rotatable bonds is 6. The summed E-state index contributed by atoms with van der Waals surface area (Å²) >= 11 is 0. The fourth-order valence-electron chi connectivity index (χ4n) is 1.98. The van der Waals surface area contributed by atoms with Crippen LogP contribution < -0.4 is 5.32 Å². The van der Waals surface area contributed by atoms with Crippen molar-refractivity contribution in [2.75, 3.05) is 13.1 Å². The SMILES string of the molecule is N#Cc1ccc(CNC(=O)N(CC(=O)O)CC2CC2)cc1. The molecule has 0 saturated heterocycles. The summed E-state index contributed by atoms with van der Waals surface area (Å²) in [7, 11) is 0. The van der Waals surface area contributed by atoms with Gasteiger partial charge >= 0.3 is 12.0 Å². The lowest BCUT2D eigenvalue weighted by molar-refractivity contribution is -0.137. The Morgan fingerprint density at radius 3 is 2.52 bits per heavy atom. The molecular weight excluding hydrogens is 270 g/mol. The lowest BCUT2D eigenvalue weighted by Gasteiger charge is -2.21. The van der Waals surface area contributed by atoms with Crippen LogP contribution in [0.25, 0.3) is 0 Å². The maximum Gasteiger partial charge on any atom is 0.323 e. The molecule has 1 aromatic rings. The quantitative estimate of drug-likeness (QED) is 0.830.